The molecule has 10 nitrogen and oxygen atoms in total. The molecule has 0 spiro atoms. The van der Waals surface area contributed by atoms with Gasteiger partial charge in [0.15, 0.2) is 0 Å². The fourth-order valence-corrected chi connectivity index (χ4v) is 5.88. The van der Waals surface area contributed by atoms with E-state index in [0.29, 0.717) is 21.5 Å². The Hall–Kier alpha value is -2.80. The Morgan fingerprint density at radius 1 is 0.806 bits per heavy atom. The summed E-state index contributed by atoms with van der Waals surface area (Å²) in [5.74, 6) is -1.39. The van der Waals surface area contributed by atoms with Gasteiger partial charge in [-0.3, -0.25) is 0 Å². The van der Waals surface area contributed by atoms with Crippen LogP contribution in [0.15, 0.2) is 12.2 Å². The van der Waals surface area contributed by atoms with E-state index in [-0.39, 0.29) is 13.2 Å². The third-order valence-electron chi connectivity index (χ3n) is 5.78. The summed E-state index contributed by atoms with van der Waals surface area (Å²) < 4.78 is 21.1. The Labute approximate surface area is 218 Å². The predicted octanol–water partition coefficient (Wildman–Crippen LogP) is 2.84. The van der Waals surface area contributed by atoms with Gasteiger partial charge in [0.25, 0.3) is 0 Å². The quantitative estimate of drug-likeness (QED) is 0.371. The van der Waals surface area contributed by atoms with Gasteiger partial charge in [-0.25, -0.2) is 19.6 Å². The van der Waals surface area contributed by atoms with Gasteiger partial charge in [-0.2, -0.15) is 0 Å². The van der Waals surface area contributed by atoms with Crippen LogP contribution in [-0.4, -0.2) is 86.2 Å². The van der Waals surface area contributed by atoms with Gasteiger partial charge in [0.1, 0.15) is 33.0 Å². The number of methoxy groups -OCH3 is 2. The number of hydrogen-bond donors (Lipinski definition) is 0. The molecule has 4 rings (SSSR count). The molecule has 2 aromatic heterocycles. The Morgan fingerprint density at radius 2 is 1.22 bits per heavy atom. The molecule has 0 amide bonds. The van der Waals surface area contributed by atoms with Crippen LogP contribution in [0.1, 0.15) is 32.6 Å². The van der Waals surface area contributed by atoms with Crippen molar-refractivity contribution in [1.29, 1.82) is 0 Å². The predicted molar refractivity (Wildman–Crippen MR) is 137 cm³/mol. The van der Waals surface area contributed by atoms with Gasteiger partial charge >= 0.3 is 11.9 Å². The molecule has 2 aliphatic rings. The summed E-state index contributed by atoms with van der Waals surface area (Å²) in [5.41, 5.74) is 2.22. The molecule has 0 atom stereocenters. The van der Waals surface area contributed by atoms with Crippen LogP contribution >= 0.6 is 22.7 Å². The Balaban J connectivity index is 1.33. The summed E-state index contributed by atoms with van der Waals surface area (Å²) >= 11 is 2.77. The van der Waals surface area contributed by atoms with Crippen molar-refractivity contribution in [3.8, 4) is 11.8 Å². The van der Waals surface area contributed by atoms with Crippen LogP contribution in [0.2, 0.25) is 0 Å². The number of thiazole rings is 2. The minimum absolute atomic E-state index is 0.131. The largest absolute Gasteiger partial charge is 0.480 e. The fraction of sp³-hybridized carbons (Fsp3) is 0.500. The molecule has 12 heteroatoms. The van der Waals surface area contributed by atoms with Gasteiger partial charge in [-0.1, -0.05) is 12.2 Å². The molecule has 0 saturated carbocycles. The average Bonchev–Trinajstić information content (AvgIpc) is 3.49. The lowest BCUT2D eigenvalue weighted by Gasteiger charge is -2.21. The van der Waals surface area contributed by atoms with Gasteiger partial charge in [0.05, 0.1) is 14.2 Å². The molecule has 0 unspecified atom stereocenters. The average molecular weight is 535 g/mol. The van der Waals surface area contributed by atoms with E-state index in [9.17, 15) is 9.59 Å². The van der Waals surface area contributed by atoms with E-state index in [2.05, 4.69) is 46.0 Å². The number of esters is 2. The highest BCUT2D eigenvalue weighted by molar-refractivity contribution is 7.13. The molecule has 0 bridgehead atoms. The number of likely N-dealkylation sites (N-methyl/N-ethyl adjacent to an activating group) is 2. The first kappa shape index (κ1) is 26.3. The van der Waals surface area contributed by atoms with Crippen LogP contribution in [-0.2, 0) is 32.3 Å². The first-order valence-corrected chi connectivity index (χ1v) is 13.2. The molecule has 0 aromatic carbocycles. The first-order valence-electron chi connectivity index (χ1n) is 11.5. The molecule has 0 aliphatic carbocycles. The second-order valence-electron chi connectivity index (χ2n) is 8.57. The van der Waals surface area contributed by atoms with Gasteiger partial charge < -0.3 is 28.7 Å². The van der Waals surface area contributed by atoms with Crippen molar-refractivity contribution in [2.45, 2.75) is 26.1 Å². The molecule has 2 aromatic rings. The van der Waals surface area contributed by atoms with Crippen LogP contribution in [0.25, 0.3) is 11.1 Å². The number of ether oxygens (including phenoxy) is 4. The number of nitrogens with zero attached hydrogens (tertiary/aromatic N) is 4. The molecule has 2 aliphatic heterocycles. The standard InChI is InChI=1S/C24H30N4O6S2/c1-27-9-5-7-15(11-27)21-25-19(31-3)17(35-21)13-33-23(29)24(30)34-14-18-20(32-4)26-22(36-18)16-8-6-10-28(2)12-16/h7-8H,5-6,9-14H2,1-4H3. The van der Waals surface area contributed by atoms with Crippen molar-refractivity contribution in [2.24, 2.45) is 0 Å². The number of hydrogen-bond acceptors (Lipinski definition) is 12. The minimum atomic E-state index is -1.08. The highest BCUT2D eigenvalue weighted by atomic mass is 32.1. The topological polar surface area (TPSA) is 103 Å². The number of rotatable bonds is 8. The smallest absolute Gasteiger partial charge is 0.417 e. The summed E-state index contributed by atoms with van der Waals surface area (Å²) in [5, 5.41) is 1.64. The van der Waals surface area contributed by atoms with E-state index in [1.807, 2.05) is 0 Å². The SMILES string of the molecule is COc1nc(C2=CCCN(C)C2)sc1COC(=O)C(=O)OCc1sc(C2=CCCN(C)C2)nc1OC. The second-order valence-corrected chi connectivity index (χ2v) is 10.7. The number of carbonyl (C=O) groups is 2. The van der Waals surface area contributed by atoms with E-state index >= 15 is 0 Å². The maximum absolute atomic E-state index is 12.3. The first-order chi connectivity index (χ1) is 17.4. The van der Waals surface area contributed by atoms with Gasteiger partial charge in [0.2, 0.25) is 11.8 Å². The Morgan fingerprint density at radius 3 is 1.58 bits per heavy atom. The molecule has 36 heavy (non-hydrogen) atoms. The normalized spacial score (nSPS) is 16.8. The zero-order valence-corrected chi connectivity index (χ0v) is 22.5. The highest BCUT2D eigenvalue weighted by Gasteiger charge is 2.24. The van der Waals surface area contributed by atoms with Crippen LogP contribution < -0.4 is 9.47 Å². The lowest BCUT2D eigenvalue weighted by molar-refractivity contribution is -0.169. The Bertz CT molecular complexity index is 1080. The molecule has 0 N–H and O–H groups in total. The van der Waals surface area contributed by atoms with Crippen LogP contribution in [0, 0.1) is 0 Å². The van der Waals surface area contributed by atoms with E-state index in [1.54, 1.807) is 0 Å². The highest BCUT2D eigenvalue weighted by Crippen LogP contribution is 2.33. The monoisotopic (exact) mass is 534 g/mol. The number of aromatic nitrogens is 2. The maximum Gasteiger partial charge on any atom is 0.417 e. The molecule has 0 radical (unpaired) electrons. The van der Waals surface area contributed by atoms with Gasteiger partial charge in [-0.05, 0) is 38.1 Å². The molecule has 0 saturated heterocycles. The van der Waals surface area contributed by atoms with Crippen LogP contribution in [0.3, 0.4) is 0 Å². The lowest BCUT2D eigenvalue weighted by atomic mass is 10.1. The minimum Gasteiger partial charge on any atom is -0.480 e. The van der Waals surface area contributed by atoms with Gasteiger partial charge in [-0.15, -0.1) is 22.7 Å². The van der Waals surface area contributed by atoms with Gasteiger partial charge in [0, 0.05) is 26.2 Å². The maximum atomic E-state index is 12.3. The van der Waals surface area contributed by atoms with Crippen LogP contribution in [0.5, 0.6) is 11.8 Å². The van der Waals surface area contributed by atoms with Crippen LogP contribution in [0.4, 0.5) is 0 Å². The summed E-state index contributed by atoms with van der Waals surface area (Å²) in [7, 11) is 7.14. The second kappa shape index (κ2) is 12.0. The Kier molecular flexibility index (Phi) is 8.72. The molecular weight excluding hydrogens is 504 g/mol. The van der Waals surface area contributed by atoms with E-state index in [1.165, 1.54) is 36.9 Å². The zero-order chi connectivity index (χ0) is 25.7. The van der Waals surface area contributed by atoms with Crippen molar-refractivity contribution in [1.82, 2.24) is 19.8 Å². The third-order valence-corrected chi connectivity index (χ3v) is 7.95. The summed E-state index contributed by atoms with van der Waals surface area (Å²) in [6.07, 6.45) is 6.22. The van der Waals surface area contributed by atoms with Crippen molar-refractivity contribution < 1.29 is 28.5 Å². The molecular formula is C24H30N4O6S2. The molecule has 0 fully saturated rings. The summed E-state index contributed by atoms with van der Waals surface area (Å²) in [6, 6.07) is 0. The number of carbonyl (C=O) groups excluding carboxylic acids is 2. The summed E-state index contributed by atoms with van der Waals surface area (Å²) in [6.45, 7) is 3.32. The van der Waals surface area contributed by atoms with Crippen molar-refractivity contribution in [3.63, 3.8) is 0 Å². The fourth-order valence-electron chi connectivity index (χ4n) is 3.93. The lowest BCUT2D eigenvalue weighted by Crippen LogP contribution is -2.24. The van der Waals surface area contributed by atoms with E-state index < -0.39 is 11.9 Å². The van der Waals surface area contributed by atoms with Crippen molar-refractivity contribution in [3.05, 3.63) is 31.9 Å². The molecule has 194 valence electrons. The zero-order valence-electron chi connectivity index (χ0n) is 20.9. The third kappa shape index (κ3) is 6.30. The molecule has 4 heterocycles. The van der Waals surface area contributed by atoms with E-state index in [4.69, 9.17) is 18.9 Å². The van der Waals surface area contributed by atoms with E-state index in [0.717, 1.165) is 60.2 Å². The van der Waals surface area contributed by atoms with Crippen molar-refractivity contribution >= 4 is 45.8 Å². The summed E-state index contributed by atoms with van der Waals surface area (Å²) in [4.78, 5) is 39.3. The van der Waals surface area contributed by atoms with Crippen molar-refractivity contribution in [2.75, 3.05) is 54.5 Å².